The highest BCUT2D eigenvalue weighted by molar-refractivity contribution is 8.03. The van der Waals surface area contributed by atoms with E-state index in [1.807, 2.05) is 38.1 Å². The first kappa shape index (κ1) is 20.1. The number of nitrogens with one attached hydrogen (secondary N) is 1. The molecule has 2 aromatic rings. The fourth-order valence-corrected chi connectivity index (χ4v) is 5.18. The lowest BCUT2D eigenvalue weighted by atomic mass is 10.3. The van der Waals surface area contributed by atoms with Crippen molar-refractivity contribution in [2.75, 3.05) is 17.7 Å². The molecule has 0 aliphatic carbocycles. The molecule has 0 radical (unpaired) electrons. The van der Waals surface area contributed by atoms with Crippen molar-refractivity contribution in [1.29, 1.82) is 0 Å². The molecule has 1 amide bonds. The maximum Gasteiger partial charge on any atom is 0.237 e. The van der Waals surface area contributed by atoms with Gasteiger partial charge in [-0.25, -0.2) is 0 Å². The fraction of sp³-hybridized carbons (Fsp3) is 0.471. The number of benzene rings is 1. The van der Waals surface area contributed by atoms with Crippen LogP contribution in [0.3, 0.4) is 0 Å². The minimum absolute atomic E-state index is 0.0513. The van der Waals surface area contributed by atoms with Crippen molar-refractivity contribution in [3.63, 3.8) is 0 Å². The highest BCUT2D eigenvalue weighted by atomic mass is 32.2. The van der Waals surface area contributed by atoms with Gasteiger partial charge in [0.25, 0.3) is 0 Å². The molecule has 0 saturated carbocycles. The molecule has 1 atom stereocenters. The Bertz CT molecular complexity index is 661. The number of ether oxygens (including phenoxy) is 1. The third-order valence-corrected chi connectivity index (χ3v) is 6.52. The van der Waals surface area contributed by atoms with Crippen LogP contribution >= 0.6 is 34.9 Å². The minimum Gasteiger partial charge on any atom is -0.494 e. The van der Waals surface area contributed by atoms with Crippen LogP contribution in [0.2, 0.25) is 0 Å². The monoisotopic (exact) mass is 397 g/mol. The van der Waals surface area contributed by atoms with E-state index in [9.17, 15) is 4.79 Å². The minimum atomic E-state index is -0.243. The summed E-state index contributed by atoms with van der Waals surface area (Å²) in [6.45, 7) is 6.61. The average Bonchev–Trinajstić information content (AvgIpc) is 3.04. The molecule has 0 fully saturated rings. The van der Waals surface area contributed by atoms with E-state index in [1.165, 1.54) is 24.6 Å². The Morgan fingerprint density at radius 2 is 1.96 bits per heavy atom. The van der Waals surface area contributed by atoms with Gasteiger partial charge in [-0.15, -0.1) is 10.2 Å². The molecular formula is C17H23N3O2S3. The van der Waals surface area contributed by atoms with Gasteiger partial charge in [0.15, 0.2) is 8.68 Å². The van der Waals surface area contributed by atoms with E-state index < -0.39 is 0 Å². The first-order chi connectivity index (χ1) is 12.1. The Labute approximate surface area is 161 Å². The van der Waals surface area contributed by atoms with Gasteiger partial charge >= 0.3 is 0 Å². The van der Waals surface area contributed by atoms with Gasteiger partial charge in [-0.3, -0.25) is 4.79 Å². The molecule has 1 aromatic carbocycles. The highest BCUT2D eigenvalue weighted by Gasteiger charge is 2.17. The van der Waals surface area contributed by atoms with Gasteiger partial charge in [0.05, 0.1) is 11.9 Å². The Hall–Kier alpha value is -1.25. The second-order valence-electron chi connectivity index (χ2n) is 5.24. The zero-order chi connectivity index (χ0) is 18.1. The summed E-state index contributed by atoms with van der Waals surface area (Å²) in [6.07, 6.45) is 2.35. The first-order valence-corrected chi connectivity index (χ1v) is 11.0. The van der Waals surface area contributed by atoms with Gasteiger partial charge in [0, 0.05) is 11.4 Å². The van der Waals surface area contributed by atoms with Gasteiger partial charge < -0.3 is 10.1 Å². The number of carbonyl (C=O) groups excluding carboxylic acids is 1. The van der Waals surface area contributed by atoms with Crippen molar-refractivity contribution in [3.05, 3.63) is 24.3 Å². The molecular weight excluding hydrogens is 374 g/mol. The third kappa shape index (κ3) is 6.87. The molecule has 0 unspecified atom stereocenters. The number of anilines is 1. The summed E-state index contributed by atoms with van der Waals surface area (Å²) in [7, 11) is 0. The van der Waals surface area contributed by atoms with E-state index in [-0.39, 0.29) is 11.2 Å². The van der Waals surface area contributed by atoms with Crippen LogP contribution in [-0.2, 0) is 4.79 Å². The van der Waals surface area contributed by atoms with Crippen LogP contribution in [0.1, 0.15) is 33.6 Å². The lowest BCUT2D eigenvalue weighted by Gasteiger charge is -2.11. The van der Waals surface area contributed by atoms with E-state index in [0.29, 0.717) is 6.61 Å². The zero-order valence-corrected chi connectivity index (χ0v) is 17.1. The topological polar surface area (TPSA) is 64.1 Å². The van der Waals surface area contributed by atoms with Crippen LogP contribution in [0.25, 0.3) is 0 Å². The molecule has 0 saturated heterocycles. The highest BCUT2D eigenvalue weighted by Crippen LogP contribution is 2.32. The van der Waals surface area contributed by atoms with Gasteiger partial charge in [0.2, 0.25) is 5.91 Å². The summed E-state index contributed by atoms with van der Waals surface area (Å²) in [5.41, 5.74) is 0.758. The van der Waals surface area contributed by atoms with Crippen molar-refractivity contribution >= 4 is 46.5 Å². The lowest BCUT2D eigenvalue weighted by Crippen LogP contribution is -2.22. The maximum atomic E-state index is 12.3. The van der Waals surface area contributed by atoms with Crippen molar-refractivity contribution in [2.45, 2.75) is 47.5 Å². The molecule has 0 spiro atoms. The zero-order valence-electron chi connectivity index (χ0n) is 14.7. The molecule has 0 bridgehead atoms. The maximum absolute atomic E-state index is 12.3. The number of hydrogen-bond acceptors (Lipinski definition) is 7. The van der Waals surface area contributed by atoms with Crippen molar-refractivity contribution < 1.29 is 9.53 Å². The molecule has 25 heavy (non-hydrogen) atoms. The molecule has 1 aromatic heterocycles. The van der Waals surface area contributed by atoms with Crippen LogP contribution < -0.4 is 10.1 Å². The summed E-state index contributed by atoms with van der Waals surface area (Å²) in [6, 6.07) is 7.38. The number of nitrogens with zero attached hydrogens (tertiary/aromatic N) is 2. The Morgan fingerprint density at radius 3 is 2.64 bits per heavy atom. The number of carbonyl (C=O) groups is 1. The number of aromatic nitrogens is 2. The summed E-state index contributed by atoms with van der Waals surface area (Å²) in [4.78, 5) is 12.3. The van der Waals surface area contributed by atoms with Gasteiger partial charge in [-0.2, -0.15) is 0 Å². The predicted molar refractivity (Wildman–Crippen MR) is 107 cm³/mol. The van der Waals surface area contributed by atoms with Crippen molar-refractivity contribution in [2.24, 2.45) is 0 Å². The standard InChI is InChI=1S/C17H23N3O2S3/c1-4-6-11-23-16-19-20-17(25-16)24-12(3)15(21)18-13-7-9-14(10-8-13)22-5-2/h7-10,12H,4-6,11H2,1-3H3,(H,18,21)/t12-/m0/s1. The summed E-state index contributed by atoms with van der Waals surface area (Å²) in [5, 5.41) is 11.0. The Balaban J connectivity index is 1.83. The smallest absolute Gasteiger partial charge is 0.237 e. The van der Waals surface area contributed by atoms with Crippen molar-refractivity contribution in [3.8, 4) is 5.75 Å². The van der Waals surface area contributed by atoms with Crippen molar-refractivity contribution in [1.82, 2.24) is 10.2 Å². The lowest BCUT2D eigenvalue weighted by molar-refractivity contribution is -0.115. The molecule has 1 N–H and O–H groups in total. The second-order valence-corrected chi connectivity index (χ2v) is 9.15. The normalized spacial score (nSPS) is 12.0. The van der Waals surface area contributed by atoms with Crippen LogP contribution in [0.15, 0.2) is 32.9 Å². The van der Waals surface area contributed by atoms with E-state index >= 15 is 0 Å². The molecule has 0 aliphatic heterocycles. The number of amides is 1. The molecule has 8 heteroatoms. The molecule has 2 rings (SSSR count). The van der Waals surface area contributed by atoms with Crippen LogP contribution in [0.5, 0.6) is 5.75 Å². The van der Waals surface area contributed by atoms with Crippen LogP contribution in [0.4, 0.5) is 5.69 Å². The largest absolute Gasteiger partial charge is 0.494 e. The van der Waals surface area contributed by atoms with Gasteiger partial charge in [-0.05, 0) is 44.5 Å². The quantitative estimate of drug-likeness (QED) is 0.452. The summed E-state index contributed by atoms with van der Waals surface area (Å²) in [5.74, 6) is 1.80. The SMILES string of the molecule is CCCCSc1nnc(S[C@@H](C)C(=O)Nc2ccc(OCC)cc2)s1. The molecule has 0 aliphatic rings. The van der Waals surface area contributed by atoms with Gasteiger partial charge in [0.1, 0.15) is 5.75 Å². The first-order valence-electron chi connectivity index (χ1n) is 8.29. The summed E-state index contributed by atoms with van der Waals surface area (Å²) < 4.78 is 7.19. The predicted octanol–water partition coefficient (Wildman–Crippen LogP) is 4.95. The second kappa shape index (κ2) is 10.7. The van der Waals surface area contributed by atoms with E-state index in [1.54, 1.807) is 23.1 Å². The molecule has 1 heterocycles. The summed E-state index contributed by atoms with van der Waals surface area (Å²) >= 11 is 4.72. The third-order valence-electron chi connectivity index (χ3n) is 3.19. The number of thioether (sulfide) groups is 2. The number of unbranched alkanes of at least 4 members (excludes halogenated alkanes) is 1. The Kier molecular flexibility index (Phi) is 8.57. The van der Waals surface area contributed by atoms with E-state index in [2.05, 4.69) is 22.4 Å². The van der Waals surface area contributed by atoms with Crippen LogP contribution in [-0.4, -0.2) is 33.7 Å². The van der Waals surface area contributed by atoms with E-state index in [4.69, 9.17) is 4.74 Å². The number of rotatable bonds is 10. The Morgan fingerprint density at radius 1 is 1.24 bits per heavy atom. The van der Waals surface area contributed by atoms with Crippen LogP contribution in [0, 0.1) is 0 Å². The molecule has 136 valence electrons. The number of hydrogen-bond donors (Lipinski definition) is 1. The van der Waals surface area contributed by atoms with E-state index in [0.717, 1.165) is 25.9 Å². The average molecular weight is 398 g/mol. The van der Waals surface area contributed by atoms with Gasteiger partial charge in [-0.1, -0.05) is 48.2 Å². The molecule has 5 nitrogen and oxygen atoms in total. The fourth-order valence-electron chi connectivity index (χ4n) is 1.86.